The first-order chi connectivity index (χ1) is 11.1. The molecule has 2 heterocycles. The summed E-state index contributed by atoms with van der Waals surface area (Å²) in [6.07, 6.45) is 1.06. The van der Waals surface area contributed by atoms with E-state index in [0.717, 1.165) is 36.0 Å². The highest BCUT2D eigenvalue weighted by molar-refractivity contribution is 5.82. The average Bonchev–Trinajstić information content (AvgIpc) is 2.93. The van der Waals surface area contributed by atoms with Gasteiger partial charge in [0.1, 0.15) is 5.58 Å². The predicted molar refractivity (Wildman–Crippen MR) is 93.2 cm³/mol. The molecule has 0 amide bonds. The highest BCUT2D eigenvalue weighted by Crippen LogP contribution is 2.30. The van der Waals surface area contributed by atoms with Crippen LogP contribution in [0.2, 0.25) is 0 Å². The third-order valence-electron chi connectivity index (χ3n) is 4.79. The van der Waals surface area contributed by atoms with Crippen LogP contribution in [0.5, 0.6) is 0 Å². The molecule has 0 unspecified atom stereocenters. The van der Waals surface area contributed by atoms with Gasteiger partial charge >= 0.3 is 5.63 Å². The molecule has 0 saturated heterocycles. The van der Waals surface area contributed by atoms with Crippen molar-refractivity contribution in [3.8, 4) is 0 Å². The lowest BCUT2D eigenvalue weighted by atomic mass is 10.0. The topological polar surface area (TPSA) is 33.5 Å². The SMILES string of the molecule is Cc1cc2oc(=O)cc(CN3CCc4ccccc43)c2cc1C. The van der Waals surface area contributed by atoms with Crippen molar-refractivity contribution in [3.63, 3.8) is 0 Å². The summed E-state index contributed by atoms with van der Waals surface area (Å²) >= 11 is 0. The van der Waals surface area contributed by atoms with Crippen molar-refractivity contribution in [3.05, 3.63) is 75.1 Å². The van der Waals surface area contributed by atoms with Crippen molar-refractivity contribution < 1.29 is 4.42 Å². The van der Waals surface area contributed by atoms with Gasteiger partial charge in [-0.2, -0.15) is 0 Å². The maximum absolute atomic E-state index is 11.9. The van der Waals surface area contributed by atoms with Gasteiger partial charge in [0.05, 0.1) is 0 Å². The van der Waals surface area contributed by atoms with Crippen LogP contribution in [0.4, 0.5) is 5.69 Å². The number of fused-ring (bicyclic) bond motifs is 2. The van der Waals surface area contributed by atoms with Gasteiger partial charge in [0.25, 0.3) is 0 Å². The Kier molecular flexibility index (Phi) is 3.22. The Balaban J connectivity index is 1.81. The Hall–Kier alpha value is -2.55. The van der Waals surface area contributed by atoms with Crippen molar-refractivity contribution >= 4 is 16.7 Å². The van der Waals surface area contributed by atoms with Crippen molar-refractivity contribution in [1.29, 1.82) is 0 Å². The molecular formula is C20H19NO2. The summed E-state index contributed by atoms with van der Waals surface area (Å²) in [5.74, 6) is 0. The van der Waals surface area contributed by atoms with E-state index in [9.17, 15) is 4.79 Å². The van der Waals surface area contributed by atoms with Crippen LogP contribution in [-0.4, -0.2) is 6.54 Å². The van der Waals surface area contributed by atoms with E-state index in [1.807, 2.05) is 13.0 Å². The second-order valence-electron chi connectivity index (χ2n) is 6.32. The molecule has 0 bridgehead atoms. The van der Waals surface area contributed by atoms with Gasteiger partial charge in [-0.25, -0.2) is 4.79 Å². The number of hydrogen-bond acceptors (Lipinski definition) is 3. The molecule has 3 nitrogen and oxygen atoms in total. The van der Waals surface area contributed by atoms with E-state index < -0.39 is 0 Å². The monoisotopic (exact) mass is 305 g/mol. The van der Waals surface area contributed by atoms with E-state index >= 15 is 0 Å². The summed E-state index contributed by atoms with van der Waals surface area (Å²) in [6.45, 7) is 5.86. The van der Waals surface area contributed by atoms with E-state index in [1.165, 1.54) is 16.8 Å². The fourth-order valence-electron chi connectivity index (χ4n) is 3.39. The zero-order chi connectivity index (χ0) is 16.0. The maximum atomic E-state index is 11.9. The van der Waals surface area contributed by atoms with E-state index in [-0.39, 0.29) is 5.63 Å². The molecule has 0 spiro atoms. The number of aryl methyl sites for hydroxylation is 2. The summed E-state index contributed by atoms with van der Waals surface area (Å²) in [4.78, 5) is 14.3. The third-order valence-corrected chi connectivity index (χ3v) is 4.79. The molecule has 3 aromatic rings. The summed E-state index contributed by atoms with van der Waals surface area (Å²) in [6, 6.07) is 14.2. The lowest BCUT2D eigenvalue weighted by Gasteiger charge is -2.20. The normalized spacial score (nSPS) is 13.6. The Labute approximate surface area is 135 Å². The molecule has 1 aliphatic heterocycles. The lowest BCUT2D eigenvalue weighted by Crippen LogP contribution is -2.20. The highest BCUT2D eigenvalue weighted by atomic mass is 16.4. The fourth-order valence-corrected chi connectivity index (χ4v) is 3.39. The summed E-state index contributed by atoms with van der Waals surface area (Å²) in [5, 5.41) is 1.04. The molecule has 3 heteroatoms. The minimum atomic E-state index is -0.275. The Morgan fingerprint density at radius 3 is 2.74 bits per heavy atom. The number of rotatable bonds is 2. The van der Waals surface area contributed by atoms with E-state index in [4.69, 9.17) is 4.42 Å². The number of anilines is 1. The zero-order valence-electron chi connectivity index (χ0n) is 13.4. The predicted octanol–water partition coefficient (Wildman–Crippen LogP) is 3.97. The molecule has 23 heavy (non-hydrogen) atoms. The van der Waals surface area contributed by atoms with E-state index in [2.05, 4.69) is 42.2 Å². The van der Waals surface area contributed by atoms with Crippen LogP contribution >= 0.6 is 0 Å². The van der Waals surface area contributed by atoms with Crippen LogP contribution in [0.15, 0.2) is 51.7 Å². The van der Waals surface area contributed by atoms with Gasteiger partial charge in [-0.3, -0.25) is 0 Å². The second-order valence-corrected chi connectivity index (χ2v) is 6.32. The minimum Gasteiger partial charge on any atom is -0.423 e. The molecular weight excluding hydrogens is 286 g/mol. The van der Waals surface area contributed by atoms with Crippen LogP contribution in [0.25, 0.3) is 11.0 Å². The Morgan fingerprint density at radius 2 is 1.87 bits per heavy atom. The molecule has 0 N–H and O–H groups in total. The zero-order valence-corrected chi connectivity index (χ0v) is 13.4. The molecule has 2 aromatic carbocycles. The molecule has 0 saturated carbocycles. The molecule has 0 aliphatic carbocycles. The Bertz CT molecular complexity index is 956. The molecule has 116 valence electrons. The molecule has 1 aliphatic rings. The van der Waals surface area contributed by atoms with E-state index in [0.29, 0.717) is 5.58 Å². The largest absolute Gasteiger partial charge is 0.423 e. The number of nitrogens with zero attached hydrogens (tertiary/aromatic N) is 1. The second kappa shape index (κ2) is 5.27. The third kappa shape index (κ3) is 2.42. The minimum absolute atomic E-state index is 0.275. The van der Waals surface area contributed by atoms with Gasteiger partial charge in [-0.15, -0.1) is 0 Å². The van der Waals surface area contributed by atoms with Crippen molar-refractivity contribution in [2.45, 2.75) is 26.8 Å². The highest BCUT2D eigenvalue weighted by Gasteiger charge is 2.19. The van der Waals surface area contributed by atoms with Crippen LogP contribution in [0, 0.1) is 13.8 Å². The van der Waals surface area contributed by atoms with Crippen LogP contribution < -0.4 is 10.5 Å². The van der Waals surface area contributed by atoms with Crippen molar-refractivity contribution in [2.24, 2.45) is 0 Å². The molecule has 0 fully saturated rings. The Morgan fingerprint density at radius 1 is 1.09 bits per heavy atom. The summed E-state index contributed by atoms with van der Waals surface area (Å²) in [5.41, 5.74) is 6.46. The first kappa shape index (κ1) is 14.1. The number of benzene rings is 2. The molecule has 0 atom stereocenters. The van der Waals surface area contributed by atoms with Crippen molar-refractivity contribution in [1.82, 2.24) is 0 Å². The van der Waals surface area contributed by atoms with Crippen LogP contribution in [-0.2, 0) is 13.0 Å². The number of para-hydroxylation sites is 1. The van der Waals surface area contributed by atoms with Gasteiger partial charge in [-0.05, 0) is 60.7 Å². The van der Waals surface area contributed by atoms with Crippen molar-refractivity contribution in [2.75, 3.05) is 11.4 Å². The summed E-state index contributed by atoms with van der Waals surface area (Å²) < 4.78 is 5.40. The molecule has 0 radical (unpaired) electrons. The van der Waals surface area contributed by atoms with Gasteiger partial charge in [0, 0.05) is 30.2 Å². The first-order valence-electron chi connectivity index (χ1n) is 7.98. The van der Waals surface area contributed by atoms with Gasteiger partial charge in [0.2, 0.25) is 0 Å². The quantitative estimate of drug-likeness (QED) is 0.672. The summed E-state index contributed by atoms with van der Waals surface area (Å²) in [7, 11) is 0. The standard InChI is InChI=1S/C20H19NO2/c1-13-9-17-16(11-20(22)23-19(17)10-14(13)2)12-21-8-7-15-5-3-4-6-18(15)21/h3-6,9-11H,7-8,12H2,1-2H3. The van der Waals surface area contributed by atoms with Gasteiger partial charge < -0.3 is 9.32 Å². The molecule has 4 rings (SSSR count). The van der Waals surface area contributed by atoms with E-state index in [1.54, 1.807) is 6.07 Å². The molecule has 1 aromatic heterocycles. The van der Waals surface area contributed by atoms with Crippen LogP contribution in [0.3, 0.4) is 0 Å². The number of hydrogen-bond donors (Lipinski definition) is 0. The maximum Gasteiger partial charge on any atom is 0.336 e. The first-order valence-corrected chi connectivity index (χ1v) is 7.98. The van der Waals surface area contributed by atoms with Crippen LogP contribution in [0.1, 0.15) is 22.3 Å². The fraction of sp³-hybridized carbons (Fsp3) is 0.250. The lowest BCUT2D eigenvalue weighted by molar-refractivity contribution is 0.558. The average molecular weight is 305 g/mol. The van der Waals surface area contributed by atoms with Gasteiger partial charge in [0.15, 0.2) is 0 Å². The smallest absolute Gasteiger partial charge is 0.336 e. The van der Waals surface area contributed by atoms with Gasteiger partial charge in [-0.1, -0.05) is 18.2 Å².